The summed E-state index contributed by atoms with van der Waals surface area (Å²) >= 11 is 1.41. The zero-order chi connectivity index (χ0) is 18.8. The number of ether oxygens (including phenoxy) is 1. The molecule has 3 heterocycles. The summed E-state index contributed by atoms with van der Waals surface area (Å²) in [6.07, 6.45) is 3.59. The van der Waals surface area contributed by atoms with Gasteiger partial charge in [0.05, 0.1) is 18.2 Å². The van der Waals surface area contributed by atoms with Crippen LogP contribution in [0.25, 0.3) is 10.6 Å². The number of rotatable bonds is 4. The van der Waals surface area contributed by atoms with E-state index >= 15 is 0 Å². The molecule has 0 saturated carbocycles. The fourth-order valence-electron chi connectivity index (χ4n) is 4.01. The van der Waals surface area contributed by atoms with Crippen LogP contribution >= 0.6 is 11.3 Å². The topological polar surface area (TPSA) is 79.7 Å². The van der Waals surface area contributed by atoms with E-state index in [9.17, 15) is 14.7 Å². The minimum Gasteiger partial charge on any atom is -0.481 e. The quantitative estimate of drug-likeness (QED) is 0.873. The van der Waals surface area contributed by atoms with E-state index in [2.05, 4.69) is 4.98 Å². The molecule has 142 valence electrons. The number of nitrogens with zero attached hydrogens (tertiary/aromatic N) is 2. The van der Waals surface area contributed by atoms with Crippen LogP contribution in [-0.4, -0.2) is 52.7 Å². The number of carbonyl (C=O) groups excluding carboxylic acids is 1. The molecule has 1 N–H and O–H groups in total. The summed E-state index contributed by atoms with van der Waals surface area (Å²) in [5.41, 5.74) is 1.01. The maximum atomic E-state index is 12.8. The van der Waals surface area contributed by atoms with Gasteiger partial charge < -0.3 is 14.7 Å². The molecule has 0 bridgehead atoms. The van der Waals surface area contributed by atoms with E-state index in [1.807, 2.05) is 35.2 Å². The van der Waals surface area contributed by atoms with Crippen LogP contribution in [0.5, 0.6) is 0 Å². The van der Waals surface area contributed by atoms with Crippen LogP contribution in [0.15, 0.2) is 36.5 Å². The lowest BCUT2D eigenvalue weighted by Gasteiger charge is -2.35. The number of carbonyl (C=O) groups is 2. The largest absolute Gasteiger partial charge is 0.481 e. The summed E-state index contributed by atoms with van der Waals surface area (Å²) in [6, 6.07) is 9.84. The van der Waals surface area contributed by atoms with E-state index in [4.69, 9.17) is 4.74 Å². The number of carboxylic acids is 1. The average Bonchev–Trinajstić information content (AvgIpc) is 3.38. The standard InChI is InChI=1S/C20H22N2O4S/c23-19(16-12-21-18(27-16)14-4-2-1-3-5-14)22-9-6-13(7-10-22)17-15(20(24)25)8-11-26-17/h1-5,12-13,15,17H,6-11H2,(H,24,25)/t15?,17-/m0/s1. The molecule has 2 aliphatic rings. The highest BCUT2D eigenvalue weighted by molar-refractivity contribution is 7.16. The van der Waals surface area contributed by atoms with E-state index in [1.54, 1.807) is 6.20 Å². The maximum absolute atomic E-state index is 12.8. The third-order valence-corrected chi connectivity index (χ3v) is 6.52. The van der Waals surface area contributed by atoms with Gasteiger partial charge in [-0.1, -0.05) is 30.3 Å². The number of amides is 1. The lowest BCUT2D eigenvalue weighted by molar-refractivity contribution is -0.145. The van der Waals surface area contributed by atoms with E-state index in [1.165, 1.54) is 11.3 Å². The molecule has 27 heavy (non-hydrogen) atoms. The van der Waals surface area contributed by atoms with Gasteiger partial charge in [-0.3, -0.25) is 9.59 Å². The smallest absolute Gasteiger partial charge is 0.309 e. The lowest BCUT2D eigenvalue weighted by Crippen LogP contribution is -2.43. The van der Waals surface area contributed by atoms with Gasteiger partial charge in [0.15, 0.2) is 0 Å². The molecule has 2 aliphatic heterocycles. The number of likely N-dealkylation sites (tertiary alicyclic amines) is 1. The van der Waals surface area contributed by atoms with Crippen molar-refractivity contribution in [3.8, 4) is 10.6 Å². The monoisotopic (exact) mass is 386 g/mol. The van der Waals surface area contributed by atoms with Crippen molar-refractivity contribution in [1.82, 2.24) is 9.88 Å². The van der Waals surface area contributed by atoms with Crippen molar-refractivity contribution in [2.45, 2.75) is 25.4 Å². The first-order valence-electron chi connectivity index (χ1n) is 9.28. The molecule has 1 amide bonds. The van der Waals surface area contributed by atoms with E-state index in [0.29, 0.717) is 31.0 Å². The van der Waals surface area contributed by atoms with Gasteiger partial charge in [0.1, 0.15) is 9.88 Å². The Balaban J connectivity index is 1.38. The second kappa shape index (κ2) is 7.78. The molecule has 1 aromatic carbocycles. The number of hydrogen-bond acceptors (Lipinski definition) is 5. The summed E-state index contributed by atoms with van der Waals surface area (Å²) in [4.78, 5) is 31.1. The highest BCUT2D eigenvalue weighted by Crippen LogP contribution is 2.34. The van der Waals surface area contributed by atoms with Crippen molar-refractivity contribution in [2.24, 2.45) is 11.8 Å². The van der Waals surface area contributed by atoms with Crippen LogP contribution in [0.4, 0.5) is 0 Å². The normalized spacial score (nSPS) is 23.5. The number of benzene rings is 1. The maximum Gasteiger partial charge on any atom is 0.309 e. The lowest BCUT2D eigenvalue weighted by atomic mass is 9.84. The Kier molecular flexibility index (Phi) is 5.22. The van der Waals surface area contributed by atoms with Crippen LogP contribution in [0.3, 0.4) is 0 Å². The van der Waals surface area contributed by atoms with Crippen LogP contribution in [-0.2, 0) is 9.53 Å². The molecule has 0 spiro atoms. The third kappa shape index (κ3) is 3.75. The summed E-state index contributed by atoms with van der Waals surface area (Å²) in [7, 11) is 0. The van der Waals surface area contributed by atoms with Gasteiger partial charge in [-0.2, -0.15) is 0 Å². The summed E-state index contributed by atoms with van der Waals surface area (Å²) in [5.74, 6) is -0.962. The summed E-state index contributed by atoms with van der Waals surface area (Å²) in [5, 5.41) is 10.2. The first kappa shape index (κ1) is 18.1. The predicted molar refractivity (Wildman–Crippen MR) is 102 cm³/mol. The number of piperidine rings is 1. The molecule has 6 nitrogen and oxygen atoms in total. The zero-order valence-electron chi connectivity index (χ0n) is 14.9. The third-order valence-electron chi connectivity index (χ3n) is 5.48. The van der Waals surface area contributed by atoms with Crippen molar-refractivity contribution in [1.29, 1.82) is 0 Å². The van der Waals surface area contributed by atoms with Gasteiger partial charge in [0, 0.05) is 25.3 Å². The average molecular weight is 386 g/mol. The van der Waals surface area contributed by atoms with Crippen LogP contribution in [0.1, 0.15) is 28.9 Å². The van der Waals surface area contributed by atoms with E-state index < -0.39 is 11.9 Å². The van der Waals surface area contributed by atoms with E-state index in [0.717, 1.165) is 23.4 Å². The summed E-state index contributed by atoms with van der Waals surface area (Å²) < 4.78 is 5.71. The Morgan fingerprint density at radius 1 is 1.15 bits per heavy atom. The van der Waals surface area contributed by atoms with Gasteiger partial charge in [0.25, 0.3) is 5.91 Å². The molecule has 1 aromatic heterocycles. The molecule has 2 aromatic rings. The Morgan fingerprint density at radius 2 is 1.89 bits per heavy atom. The number of aliphatic carboxylic acids is 1. The Bertz CT molecular complexity index is 814. The van der Waals surface area contributed by atoms with Crippen molar-refractivity contribution in [3.05, 3.63) is 41.4 Å². The molecule has 0 radical (unpaired) electrons. The van der Waals surface area contributed by atoms with Crippen LogP contribution in [0, 0.1) is 11.8 Å². The number of hydrogen-bond donors (Lipinski definition) is 1. The minimum atomic E-state index is -0.769. The van der Waals surface area contributed by atoms with Crippen molar-refractivity contribution < 1.29 is 19.4 Å². The fraction of sp³-hybridized carbons (Fsp3) is 0.450. The van der Waals surface area contributed by atoms with Crippen molar-refractivity contribution in [2.75, 3.05) is 19.7 Å². The van der Waals surface area contributed by atoms with Gasteiger partial charge >= 0.3 is 5.97 Å². The number of aromatic nitrogens is 1. The molecular weight excluding hydrogens is 364 g/mol. The first-order chi connectivity index (χ1) is 13.1. The predicted octanol–water partition coefficient (Wildman–Crippen LogP) is 3.15. The Morgan fingerprint density at radius 3 is 2.59 bits per heavy atom. The zero-order valence-corrected chi connectivity index (χ0v) is 15.7. The SMILES string of the molecule is O=C(O)C1CCO[C@H]1C1CCN(C(=O)c2cnc(-c3ccccc3)s2)CC1. The molecule has 7 heteroatoms. The molecule has 2 fully saturated rings. The first-order valence-corrected chi connectivity index (χ1v) is 10.1. The van der Waals surface area contributed by atoms with Gasteiger partial charge in [0.2, 0.25) is 0 Å². The highest BCUT2D eigenvalue weighted by atomic mass is 32.1. The second-order valence-electron chi connectivity index (χ2n) is 7.09. The molecule has 0 aliphatic carbocycles. The fourth-order valence-corrected chi connectivity index (χ4v) is 4.90. The number of thiazole rings is 1. The summed E-state index contributed by atoms with van der Waals surface area (Å²) in [6.45, 7) is 1.78. The highest BCUT2D eigenvalue weighted by Gasteiger charge is 2.40. The number of carboxylic acid groups (broad SMARTS) is 1. The molecule has 2 atom stereocenters. The van der Waals surface area contributed by atoms with E-state index in [-0.39, 0.29) is 17.9 Å². The molecule has 1 unspecified atom stereocenters. The molecule has 4 rings (SSSR count). The molecular formula is C20H22N2O4S. The van der Waals surface area contributed by atoms with Crippen LogP contribution < -0.4 is 0 Å². The second-order valence-corrected chi connectivity index (χ2v) is 8.12. The van der Waals surface area contributed by atoms with Crippen molar-refractivity contribution >= 4 is 23.2 Å². The Labute approximate surface area is 161 Å². The van der Waals surface area contributed by atoms with Crippen LogP contribution in [0.2, 0.25) is 0 Å². The van der Waals surface area contributed by atoms with Gasteiger partial charge in [-0.15, -0.1) is 11.3 Å². The van der Waals surface area contributed by atoms with Gasteiger partial charge in [-0.05, 0) is 25.2 Å². The van der Waals surface area contributed by atoms with Crippen molar-refractivity contribution in [3.63, 3.8) is 0 Å². The van der Waals surface area contributed by atoms with Gasteiger partial charge in [-0.25, -0.2) is 4.98 Å². The molecule has 2 saturated heterocycles. The Hall–Kier alpha value is -2.25. The minimum absolute atomic E-state index is 0.00950.